The molecule has 2 amide bonds. The predicted octanol–water partition coefficient (Wildman–Crippen LogP) is 3.40. The van der Waals surface area contributed by atoms with Crippen LogP contribution in [-0.4, -0.2) is 41.5 Å². The predicted molar refractivity (Wildman–Crippen MR) is 104 cm³/mol. The number of piperidine rings is 1. The zero-order valence-corrected chi connectivity index (χ0v) is 16.3. The summed E-state index contributed by atoms with van der Waals surface area (Å²) in [4.78, 5) is 26.3. The fourth-order valence-electron chi connectivity index (χ4n) is 3.74. The molecule has 0 spiro atoms. The molecule has 2 heterocycles. The minimum Gasteiger partial charge on any atom is -0.355 e. The highest BCUT2D eigenvalue weighted by atomic mass is 16.5. The average Bonchev–Trinajstić information content (AvgIpc) is 3.11. The summed E-state index contributed by atoms with van der Waals surface area (Å²) in [6.07, 6.45) is 3.64. The Bertz CT molecular complexity index is 812. The van der Waals surface area contributed by atoms with Crippen LogP contribution in [0.5, 0.6) is 0 Å². The first-order valence-corrected chi connectivity index (χ1v) is 9.56. The number of carbonyl (C=O) groups excluding carboxylic acids is 2. The van der Waals surface area contributed by atoms with Crippen LogP contribution in [0.4, 0.5) is 0 Å². The van der Waals surface area contributed by atoms with Crippen LogP contribution in [0.15, 0.2) is 22.7 Å². The van der Waals surface area contributed by atoms with Crippen molar-refractivity contribution in [1.29, 1.82) is 0 Å². The second-order valence-corrected chi connectivity index (χ2v) is 7.30. The van der Waals surface area contributed by atoms with Crippen molar-refractivity contribution in [3.05, 3.63) is 40.6 Å². The molecule has 0 unspecified atom stereocenters. The van der Waals surface area contributed by atoms with Crippen molar-refractivity contribution in [2.45, 2.75) is 46.5 Å². The maximum atomic E-state index is 12.3. The van der Waals surface area contributed by atoms with Gasteiger partial charge in [0.15, 0.2) is 11.5 Å². The molecule has 0 atom stereocenters. The van der Waals surface area contributed by atoms with Crippen LogP contribution >= 0.6 is 0 Å². The van der Waals surface area contributed by atoms with Gasteiger partial charge in [-0.3, -0.25) is 9.59 Å². The number of hydrogen-bond donors (Lipinski definition) is 1. The van der Waals surface area contributed by atoms with E-state index in [0.29, 0.717) is 18.7 Å². The standard InChI is InChI=1S/C21H27N3O3/c1-14-11-15(2)20(16(3)12-14)18-13-17(23-27-18)21(26)22-8-7-19(25)24-9-5-4-6-10-24/h11-13H,4-10H2,1-3H3,(H,22,26). The van der Waals surface area contributed by atoms with E-state index in [2.05, 4.69) is 22.6 Å². The monoisotopic (exact) mass is 369 g/mol. The number of hydrogen-bond acceptors (Lipinski definition) is 4. The lowest BCUT2D eigenvalue weighted by Gasteiger charge is -2.26. The molecular formula is C21H27N3O3. The smallest absolute Gasteiger partial charge is 0.273 e. The van der Waals surface area contributed by atoms with Crippen molar-refractivity contribution in [2.75, 3.05) is 19.6 Å². The van der Waals surface area contributed by atoms with E-state index in [1.807, 2.05) is 25.7 Å². The summed E-state index contributed by atoms with van der Waals surface area (Å²) in [5.74, 6) is 0.361. The van der Waals surface area contributed by atoms with Crippen molar-refractivity contribution < 1.29 is 14.1 Å². The molecule has 1 fully saturated rings. The zero-order valence-electron chi connectivity index (χ0n) is 16.3. The third-order valence-corrected chi connectivity index (χ3v) is 5.00. The number of aromatic nitrogens is 1. The number of rotatable bonds is 5. The summed E-state index contributed by atoms with van der Waals surface area (Å²) in [7, 11) is 0. The Morgan fingerprint density at radius 3 is 2.41 bits per heavy atom. The van der Waals surface area contributed by atoms with Gasteiger partial charge in [-0.1, -0.05) is 22.9 Å². The number of carbonyl (C=O) groups is 2. The van der Waals surface area contributed by atoms with Gasteiger partial charge in [0, 0.05) is 37.7 Å². The van der Waals surface area contributed by atoms with Gasteiger partial charge in [-0.15, -0.1) is 0 Å². The van der Waals surface area contributed by atoms with Crippen molar-refractivity contribution in [1.82, 2.24) is 15.4 Å². The fourth-order valence-corrected chi connectivity index (χ4v) is 3.74. The first-order valence-electron chi connectivity index (χ1n) is 9.56. The van der Waals surface area contributed by atoms with Crippen LogP contribution < -0.4 is 5.32 Å². The van der Waals surface area contributed by atoms with Gasteiger partial charge < -0.3 is 14.7 Å². The van der Waals surface area contributed by atoms with Gasteiger partial charge in [0.25, 0.3) is 5.91 Å². The van der Waals surface area contributed by atoms with E-state index < -0.39 is 0 Å². The molecule has 1 saturated heterocycles. The van der Waals surface area contributed by atoms with Gasteiger partial charge in [0.1, 0.15) is 0 Å². The van der Waals surface area contributed by atoms with Gasteiger partial charge in [-0.25, -0.2) is 0 Å². The number of nitrogens with zero attached hydrogens (tertiary/aromatic N) is 2. The fraction of sp³-hybridized carbons (Fsp3) is 0.476. The summed E-state index contributed by atoms with van der Waals surface area (Å²) in [6, 6.07) is 5.82. The quantitative estimate of drug-likeness (QED) is 0.876. The molecule has 1 aliphatic heterocycles. The molecule has 6 heteroatoms. The lowest BCUT2D eigenvalue weighted by atomic mass is 9.98. The molecule has 144 valence electrons. The van der Waals surface area contributed by atoms with E-state index in [4.69, 9.17) is 4.52 Å². The molecule has 0 radical (unpaired) electrons. The van der Waals surface area contributed by atoms with E-state index in [0.717, 1.165) is 42.6 Å². The Balaban J connectivity index is 1.58. The highest BCUT2D eigenvalue weighted by molar-refractivity contribution is 5.93. The Hall–Kier alpha value is -2.63. The van der Waals surface area contributed by atoms with Crippen molar-refractivity contribution in [2.24, 2.45) is 0 Å². The van der Waals surface area contributed by atoms with Gasteiger partial charge in [0.05, 0.1) is 0 Å². The zero-order chi connectivity index (χ0) is 19.4. The molecule has 1 aromatic carbocycles. The second-order valence-electron chi connectivity index (χ2n) is 7.30. The number of aryl methyl sites for hydroxylation is 3. The lowest BCUT2D eigenvalue weighted by molar-refractivity contribution is -0.131. The summed E-state index contributed by atoms with van der Waals surface area (Å²) >= 11 is 0. The van der Waals surface area contributed by atoms with Crippen LogP contribution in [0.25, 0.3) is 11.3 Å². The number of likely N-dealkylation sites (tertiary alicyclic amines) is 1. The van der Waals surface area contributed by atoms with Crippen LogP contribution in [0.3, 0.4) is 0 Å². The Morgan fingerprint density at radius 1 is 1.07 bits per heavy atom. The lowest BCUT2D eigenvalue weighted by Crippen LogP contribution is -2.37. The number of amides is 2. The first-order chi connectivity index (χ1) is 13.0. The van der Waals surface area contributed by atoms with Crippen molar-refractivity contribution >= 4 is 11.8 Å². The third kappa shape index (κ3) is 4.56. The minimum absolute atomic E-state index is 0.0988. The van der Waals surface area contributed by atoms with Gasteiger partial charge in [-0.05, 0) is 51.2 Å². The van der Waals surface area contributed by atoms with Crippen LogP contribution in [0.2, 0.25) is 0 Å². The molecule has 0 bridgehead atoms. The Morgan fingerprint density at radius 2 is 1.74 bits per heavy atom. The van der Waals surface area contributed by atoms with E-state index >= 15 is 0 Å². The van der Waals surface area contributed by atoms with Crippen LogP contribution in [-0.2, 0) is 4.79 Å². The summed E-state index contributed by atoms with van der Waals surface area (Å²) in [6.45, 7) is 8.05. The van der Waals surface area contributed by atoms with E-state index in [-0.39, 0.29) is 17.5 Å². The second kappa shape index (κ2) is 8.37. The third-order valence-electron chi connectivity index (χ3n) is 5.00. The van der Waals surface area contributed by atoms with Crippen LogP contribution in [0.1, 0.15) is 52.9 Å². The Labute approximate surface area is 159 Å². The van der Waals surface area contributed by atoms with Gasteiger partial charge in [-0.2, -0.15) is 0 Å². The average molecular weight is 369 g/mol. The molecule has 1 N–H and O–H groups in total. The SMILES string of the molecule is Cc1cc(C)c(-c2cc(C(=O)NCCC(=O)N3CCCCC3)no2)c(C)c1. The molecule has 0 aliphatic carbocycles. The highest BCUT2D eigenvalue weighted by Crippen LogP contribution is 2.28. The summed E-state index contributed by atoms with van der Waals surface area (Å²) in [5.41, 5.74) is 4.55. The Kier molecular flexibility index (Phi) is 5.94. The molecule has 6 nitrogen and oxygen atoms in total. The first kappa shape index (κ1) is 19.1. The minimum atomic E-state index is -0.320. The molecule has 27 heavy (non-hydrogen) atoms. The van der Waals surface area contributed by atoms with Gasteiger partial charge in [0.2, 0.25) is 5.91 Å². The number of nitrogens with one attached hydrogen (secondary N) is 1. The van der Waals surface area contributed by atoms with Crippen LogP contribution in [0, 0.1) is 20.8 Å². The van der Waals surface area contributed by atoms with E-state index in [1.54, 1.807) is 6.07 Å². The molecule has 2 aromatic rings. The molecule has 1 aromatic heterocycles. The molecule has 3 rings (SSSR count). The molecule has 1 aliphatic rings. The molecule has 0 saturated carbocycles. The molecular weight excluding hydrogens is 342 g/mol. The van der Waals surface area contributed by atoms with Crippen molar-refractivity contribution in [3.8, 4) is 11.3 Å². The van der Waals surface area contributed by atoms with Crippen molar-refractivity contribution in [3.63, 3.8) is 0 Å². The maximum absolute atomic E-state index is 12.3. The van der Waals surface area contributed by atoms with E-state index in [1.165, 1.54) is 12.0 Å². The largest absolute Gasteiger partial charge is 0.355 e. The maximum Gasteiger partial charge on any atom is 0.273 e. The summed E-state index contributed by atoms with van der Waals surface area (Å²) in [5, 5.41) is 6.67. The normalized spacial score (nSPS) is 14.3. The van der Waals surface area contributed by atoms with E-state index in [9.17, 15) is 9.59 Å². The number of benzene rings is 1. The highest BCUT2D eigenvalue weighted by Gasteiger charge is 2.19. The van der Waals surface area contributed by atoms with Gasteiger partial charge >= 0.3 is 0 Å². The topological polar surface area (TPSA) is 75.4 Å². The summed E-state index contributed by atoms with van der Waals surface area (Å²) < 4.78 is 5.41.